The van der Waals surface area contributed by atoms with Crippen LogP contribution in [0.4, 0.5) is 4.39 Å². The standard InChI is InChI=1S/C24H23FN2O4/c25-19-12-14-20(15-13-19)30-16-6-11-23(28)26-27-24(29)17-31-22-10-5-4-9-21(22)18-7-2-1-3-8-18/h1-5,7-10,12-15H,6,11,16-17H2,(H,26,28)(H,27,29). The number of carbonyl (C=O) groups is 2. The summed E-state index contributed by atoms with van der Waals surface area (Å²) in [6.45, 7) is 0.0597. The molecule has 2 amide bonds. The molecule has 0 fully saturated rings. The van der Waals surface area contributed by atoms with Crippen LogP contribution in [0, 0.1) is 5.82 Å². The normalized spacial score (nSPS) is 10.2. The summed E-state index contributed by atoms with van der Waals surface area (Å²) in [7, 11) is 0. The van der Waals surface area contributed by atoms with E-state index in [1.165, 1.54) is 24.3 Å². The molecule has 0 aliphatic carbocycles. The molecule has 0 aliphatic rings. The van der Waals surface area contributed by atoms with Crippen molar-refractivity contribution in [2.75, 3.05) is 13.2 Å². The fourth-order valence-electron chi connectivity index (χ4n) is 2.78. The number of benzene rings is 3. The predicted octanol–water partition coefficient (Wildman–Crippen LogP) is 3.88. The van der Waals surface area contributed by atoms with E-state index in [0.29, 0.717) is 24.5 Å². The summed E-state index contributed by atoms with van der Waals surface area (Å²) in [5.74, 6) is -0.0503. The van der Waals surface area contributed by atoms with Gasteiger partial charge in [-0.15, -0.1) is 0 Å². The highest BCUT2D eigenvalue weighted by molar-refractivity contribution is 5.83. The maximum absolute atomic E-state index is 12.8. The largest absolute Gasteiger partial charge is 0.494 e. The van der Waals surface area contributed by atoms with Crippen LogP contribution < -0.4 is 20.3 Å². The van der Waals surface area contributed by atoms with E-state index in [-0.39, 0.29) is 24.8 Å². The van der Waals surface area contributed by atoms with Crippen LogP contribution in [0.3, 0.4) is 0 Å². The number of hydrazine groups is 1. The van der Waals surface area contributed by atoms with Crippen LogP contribution in [-0.2, 0) is 9.59 Å². The van der Waals surface area contributed by atoms with E-state index in [1.807, 2.05) is 48.5 Å². The zero-order valence-electron chi connectivity index (χ0n) is 16.8. The topological polar surface area (TPSA) is 76.7 Å². The predicted molar refractivity (Wildman–Crippen MR) is 115 cm³/mol. The van der Waals surface area contributed by atoms with Crippen LogP contribution >= 0.6 is 0 Å². The molecule has 0 bridgehead atoms. The quantitative estimate of drug-likeness (QED) is 0.405. The van der Waals surface area contributed by atoms with Gasteiger partial charge in [0.25, 0.3) is 5.91 Å². The van der Waals surface area contributed by atoms with Crippen LogP contribution in [0.5, 0.6) is 11.5 Å². The Hall–Kier alpha value is -3.87. The molecule has 0 heterocycles. The molecule has 0 spiro atoms. The van der Waals surface area contributed by atoms with Gasteiger partial charge in [0.1, 0.15) is 17.3 Å². The van der Waals surface area contributed by atoms with Gasteiger partial charge in [0.15, 0.2) is 6.61 Å². The summed E-state index contributed by atoms with van der Waals surface area (Å²) in [5, 5.41) is 0. The molecule has 3 rings (SSSR count). The number of hydrogen-bond donors (Lipinski definition) is 2. The summed E-state index contributed by atoms with van der Waals surface area (Å²) in [4.78, 5) is 23.9. The third-order valence-electron chi connectivity index (χ3n) is 4.30. The van der Waals surface area contributed by atoms with Gasteiger partial charge in [-0.2, -0.15) is 0 Å². The molecule has 3 aromatic carbocycles. The number of para-hydroxylation sites is 1. The molecule has 0 aliphatic heterocycles. The minimum atomic E-state index is -0.473. The highest BCUT2D eigenvalue weighted by Crippen LogP contribution is 2.29. The Kier molecular flexibility index (Phi) is 7.99. The van der Waals surface area contributed by atoms with Gasteiger partial charge < -0.3 is 9.47 Å². The smallest absolute Gasteiger partial charge is 0.276 e. The Labute approximate surface area is 180 Å². The van der Waals surface area contributed by atoms with Gasteiger partial charge in [0.05, 0.1) is 6.61 Å². The molecule has 0 aromatic heterocycles. The third kappa shape index (κ3) is 7.15. The average Bonchev–Trinajstić information content (AvgIpc) is 2.81. The number of ether oxygens (including phenoxy) is 2. The Morgan fingerprint density at radius 2 is 1.45 bits per heavy atom. The van der Waals surface area contributed by atoms with Gasteiger partial charge in [0.2, 0.25) is 5.91 Å². The number of hydrogen-bond acceptors (Lipinski definition) is 4. The number of amides is 2. The Bertz CT molecular complexity index is 994. The second kappa shape index (κ2) is 11.3. The number of rotatable bonds is 9. The van der Waals surface area contributed by atoms with Crippen molar-refractivity contribution >= 4 is 11.8 Å². The highest BCUT2D eigenvalue weighted by atomic mass is 19.1. The van der Waals surface area contributed by atoms with Crippen LogP contribution in [-0.4, -0.2) is 25.0 Å². The van der Waals surface area contributed by atoms with E-state index >= 15 is 0 Å². The van der Waals surface area contributed by atoms with Gasteiger partial charge in [-0.05, 0) is 42.3 Å². The zero-order chi connectivity index (χ0) is 21.9. The van der Waals surface area contributed by atoms with Crippen molar-refractivity contribution in [2.45, 2.75) is 12.8 Å². The van der Waals surface area contributed by atoms with E-state index in [4.69, 9.17) is 9.47 Å². The van der Waals surface area contributed by atoms with E-state index in [9.17, 15) is 14.0 Å². The van der Waals surface area contributed by atoms with E-state index in [1.54, 1.807) is 6.07 Å². The van der Waals surface area contributed by atoms with Gasteiger partial charge >= 0.3 is 0 Å². The monoisotopic (exact) mass is 422 g/mol. The van der Waals surface area contributed by atoms with E-state index < -0.39 is 5.91 Å². The van der Waals surface area contributed by atoms with Crippen molar-refractivity contribution in [3.05, 3.63) is 84.7 Å². The highest BCUT2D eigenvalue weighted by Gasteiger charge is 2.09. The first-order valence-electron chi connectivity index (χ1n) is 9.85. The van der Waals surface area contributed by atoms with Crippen molar-refractivity contribution < 1.29 is 23.5 Å². The van der Waals surface area contributed by atoms with Crippen LogP contribution in [0.25, 0.3) is 11.1 Å². The summed E-state index contributed by atoms with van der Waals surface area (Å²) in [6, 6.07) is 22.8. The third-order valence-corrected chi connectivity index (χ3v) is 4.30. The fraction of sp³-hybridized carbons (Fsp3) is 0.167. The van der Waals surface area contributed by atoms with Crippen molar-refractivity contribution in [3.8, 4) is 22.6 Å². The first kappa shape index (κ1) is 21.8. The van der Waals surface area contributed by atoms with Gasteiger partial charge in [-0.3, -0.25) is 20.4 Å². The second-order valence-electron chi connectivity index (χ2n) is 6.65. The van der Waals surface area contributed by atoms with Crippen LogP contribution in [0.15, 0.2) is 78.9 Å². The molecule has 160 valence electrons. The SMILES string of the molecule is O=C(CCCOc1ccc(F)cc1)NNC(=O)COc1ccccc1-c1ccccc1. The Balaban J connectivity index is 1.36. The second-order valence-corrected chi connectivity index (χ2v) is 6.65. The van der Waals surface area contributed by atoms with Crippen LogP contribution in [0.1, 0.15) is 12.8 Å². The van der Waals surface area contributed by atoms with E-state index in [2.05, 4.69) is 10.9 Å². The molecule has 0 unspecified atom stereocenters. The molecule has 31 heavy (non-hydrogen) atoms. The maximum Gasteiger partial charge on any atom is 0.276 e. The Morgan fingerprint density at radius 1 is 0.774 bits per heavy atom. The van der Waals surface area contributed by atoms with Crippen molar-refractivity contribution in [3.63, 3.8) is 0 Å². The molecule has 0 saturated heterocycles. The molecule has 2 N–H and O–H groups in total. The average molecular weight is 422 g/mol. The molecular weight excluding hydrogens is 399 g/mol. The van der Waals surface area contributed by atoms with Crippen LogP contribution in [0.2, 0.25) is 0 Å². The van der Waals surface area contributed by atoms with Gasteiger partial charge in [-0.1, -0.05) is 48.5 Å². The molecule has 0 atom stereocenters. The summed E-state index contributed by atoms with van der Waals surface area (Å²) >= 11 is 0. The van der Waals surface area contributed by atoms with Crippen molar-refractivity contribution in [1.82, 2.24) is 10.9 Å². The molecule has 7 heteroatoms. The number of carbonyl (C=O) groups excluding carboxylic acids is 2. The zero-order valence-corrected chi connectivity index (χ0v) is 16.8. The maximum atomic E-state index is 12.8. The lowest BCUT2D eigenvalue weighted by Gasteiger charge is -2.12. The summed E-state index contributed by atoms with van der Waals surface area (Å²) in [6.07, 6.45) is 0.610. The molecule has 3 aromatic rings. The number of nitrogens with one attached hydrogen (secondary N) is 2. The summed E-state index contributed by atoms with van der Waals surface area (Å²) in [5.41, 5.74) is 6.54. The molecule has 6 nitrogen and oxygen atoms in total. The lowest BCUT2D eigenvalue weighted by molar-refractivity contribution is -0.130. The molecular formula is C24H23FN2O4. The van der Waals surface area contributed by atoms with Crippen molar-refractivity contribution in [1.29, 1.82) is 0 Å². The minimum absolute atomic E-state index is 0.166. The Morgan fingerprint density at radius 3 is 2.23 bits per heavy atom. The fourth-order valence-corrected chi connectivity index (χ4v) is 2.78. The molecule has 0 radical (unpaired) electrons. The van der Waals surface area contributed by atoms with Gasteiger partial charge in [0, 0.05) is 12.0 Å². The number of halogens is 1. The summed E-state index contributed by atoms with van der Waals surface area (Å²) < 4.78 is 23.9. The first-order chi connectivity index (χ1) is 15.1. The lowest BCUT2D eigenvalue weighted by atomic mass is 10.1. The first-order valence-corrected chi connectivity index (χ1v) is 9.85. The lowest BCUT2D eigenvalue weighted by Crippen LogP contribution is -2.43. The minimum Gasteiger partial charge on any atom is -0.494 e. The van der Waals surface area contributed by atoms with Gasteiger partial charge in [-0.25, -0.2) is 4.39 Å². The van der Waals surface area contributed by atoms with Crippen molar-refractivity contribution in [2.24, 2.45) is 0 Å². The van der Waals surface area contributed by atoms with E-state index in [0.717, 1.165) is 11.1 Å². The molecule has 0 saturated carbocycles.